The average molecular weight is 312 g/mol. The molecular weight excluding hydrogens is 294 g/mol. The Kier molecular flexibility index (Phi) is 4.07. The van der Waals surface area contributed by atoms with Crippen LogP contribution in [0.2, 0.25) is 0 Å². The molecule has 1 aliphatic carbocycles. The number of carboxylic acids is 1. The Balaban J connectivity index is 2.26. The quantitative estimate of drug-likeness (QED) is 0.898. The number of carbonyl (C=O) groups is 1. The molecule has 1 unspecified atom stereocenters. The fourth-order valence-electron chi connectivity index (χ4n) is 2.97. The zero-order chi connectivity index (χ0) is 13.2. The van der Waals surface area contributed by atoms with E-state index in [1.165, 1.54) is 5.56 Å². The molecule has 1 saturated carbocycles. The minimum atomic E-state index is -0.904. The smallest absolute Gasteiger partial charge is 0.320 e. The molecule has 0 saturated heterocycles. The Morgan fingerprint density at radius 3 is 2.39 bits per heavy atom. The topological polar surface area (TPSA) is 63.3 Å². The van der Waals surface area contributed by atoms with E-state index >= 15 is 0 Å². The van der Waals surface area contributed by atoms with Crippen LogP contribution in [-0.4, -0.2) is 17.1 Å². The number of hydrogen-bond acceptors (Lipinski definition) is 2. The number of benzene rings is 1. The van der Waals surface area contributed by atoms with Gasteiger partial charge in [0.1, 0.15) is 6.04 Å². The summed E-state index contributed by atoms with van der Waals surface area (Å²) in [5.74, 6) is -0.904. The fourth-order valence-corrected chi connectivity index (χ4v) is 3.24. The van der Waals surface area contributed by atoms with Gasteiger partial charge in [0.25, 0.3) is 0 Å². The maximum Gasteiger partial charge on any atom is 0.320 e. The molecule has 0 spiro atoms. The highest BCUT2D eigenvalue weighted by atomic mass is 79.9. The normalized spacial score (nSPS) is 19.7. The molecule has 18 heavy (non-hydrogen) atoms. The van der Waals surface area contributed by atoms with E-state index in [1.54, 1.807) is 0 Å². The Labute approximate surface area is 116 Å². The summed E-state index contributed by atoms with van der Waals surface area (Å²) in [6.07, 6.45) is 4.92. The van der Waals surface area contributed by atoms with Crippen LogP contribution in [0, 0.1) is 0 Å². The zero-order valence-corrected chi connectivity index (χ0v) is 11.8. The second kappa shape index (κ2) is 5.41. The number of hydrogen-bond donors (Lipinski definition) is 2. The number of nitrogens with two attached hydrogens (primary N) is 1. The summed E-state index contributed by atoms with van der Waals surface area (Å²) in [6, 6.07) is 7.43. The predicted octanol–water partition coefficient (Wildman–Crippen LogP) is 3.06. The van der Waals surface area contributed by atoms with Crippen molar-refractivity contribution in [2.24, 2.45) is 5.73 Å². The van der Waals surface area contributed by atoms with Gasteiger partial charge in [-0.05, 0) is 42.4 Å². The maximum atomic E-state index is 11.0. The molecule has 0 heterocycles. The van der Waals surface area contributed by atoms with Crippen molar-refractivity contribution in [3.63, 3.8) is 0 Å². The summed E-state index contributed by atoms with van der Waals surface area (Å²) < 4.78 is 1.04. The van der Waals surface area contributed by atoms with Crippen molar-refractivity contribution in [3.8, 4) is 0 Å². The summed E-state index contributed by atoms with van der Waals surface area (Å²) in [7, 11) is 0. The van der Waals surface area contributed by atoms with Crippen molar-refractivity contribution in [1.82, 2.24) is 0 Å². The van der Waals surface area contributed by atoms with Gasteiger partial charge in [0.15, 0.2) is 0 Å². The van der Waals surface area contributed by atoms with E-state index in [2.05, 4.69) is 28.1 Å². The third-order valence-electron chi connectivity index (χ3n) is 3.95. The second-order valence-electron chi connectivity index (χ2n) is 5.14. The van der Waals surface area contributed by atoms with Gasteiger partial charge in [0.05, 0.1) is 0 Å². The fraction of sp³-hybridized carbons (Fsp3) is 0.500. The molecule has 1 aromatic carbocycles. The highest BCUT2D eigenvalue weighted by molar-refractivity contribution is 9.10. The number of halogens is 1. The number of aliphatic carboxylic acids is 1. The van der Waals surface area contributed by atoms with Crippen molar-refractivity contribution >= 4 is 21.9 Å². The molecule has 1 fully saturated rings. The molecular formula is C14H18BrNO2. The second-order valence-corrected chi connectivity index (χ2v) is 6.06. The predicted molar refractivity (Wildman–Crippen MR) is 74.5 cm³/mol. The van der Waals surface area contributed by atoms with Gasteiger partial charge in [0.2, 0.25) is 0 Å². The third kappa shape index (κ3) is 2.75. The molecule has 98 valence electrons. The molecule has 0 radical (unpaired) electrons. The van der Waals surface area contributed by atoms with Crippen LogP contribution < -0.4 is 5.73 Å². The molecule has 1 aromatic rings. The van der Waals surface area contributed by atoms with Gasteiger partial charge < -0.3 is 10.8 Å². The van der Waals surface area contributed by atoms with Crippen molar-refractivity contribution < 1.29 is 9.90 Å². The van der Waals surface area contributed by atoms with Crippen molar-refractivity contribution in [1.29, 1.82) is 0 Å². The van der Waals surface area contributed by atoms with E-state index < -0.39 is 12.0 Å². The van der Waals surface area contributed by atoms with Crippen LogP contribution in [0.5, 0.6) is 0 Å². The average Bonchev–Trinajstić information content (AvgIpc) is 2.79. The largest absolute Gasteiger partial charge is 0.480 e. The lowest BCUT2D eigenvalue weighted by atomic mass is 9.74. The van der Waals surface area contributed by atoms with Crippen LogP contribution in [0.1, 0.15) is 37.7 Å². The Morgan fingerprint density at radius 1 is 1.33 bits per heavy atom. The molecule has 3 nitrogen and oxygen atoms in total. The minimum absolute atomic E-state index is 0.0431. The van der Waals surface area contributed by atoms with E-state index in [9.17, 15) is 4.79 Å². The summed E-state index contributed by atoms with van der Waals surface area (Å²) in [6.45, 7) is 0. The number of carboxylic acid groups (broad SMARTS) is 1. The maximum absolute atomic E-state index is 11.0. The summed E-state index contributed by atoms with van der Waals surface area (Å²) in [5.41, 5.74) is 6.92. The van der Waals surface area contributed by atoms with Gasteiger partial charge in [-0.2, -0.15) is 0 Å². The van der Waals surface area contributed by atoms with Gasteiger partial charge in [-0.25, -0.2) is 0 Å². The van der Waals surface area contributed by atoms with Crippen molar-refractivity contribution in [2.45, 2.75) is 43.6 Å². The van der Waals surface area contributed by atoms with Gasteiger partial charge in [-0.3, -0.25) is 4.79 Å². The molecule has 4 heteroatoms. The van der Waals surface area contributed by atoms with Gasteiger partial charge >= 0.3 is 5.97 Å². The summed E-state index contributed by atoms with van der Waals surface area (Å²) in [4.78, 5) is 11.0. The highest BCUT2D eigenvalue weighted by Gasteiger charge is 2.38. The Bertz CT molecular complexity index is 424. The molecule has 1 aliphatic rings. The monoisotopic (exact) mass is 311 g/mol. The highest BCUT2D eigenvalue weighted by Crippen LogP contribution is 2.44. The van der Waals surface area contributed by atoms with E-state index in [-0.39, 0.29) is 5.41 Å². The van der Waals surface area contributed by atoms with Crippen LogP contribution in [0.3, 0.4) is 0 Å². The first-order valence-electron chi connectivity index (χ1n) is 6.28. The van der Waals surface area contributed by atoms with E-state index in [1.807, 2.05) is 12.1 Å². The van der Waals surface area contributed by atoms with E-state index in [0.717, 1.165) is 30.2 Å². The van der Waals surface area contributed by atoms with Crippen LogP contribution >= 0.6 is 15.9 Å². The zero-order valence-electron chi connectivity index (χ0n) is 10.2. The van der Waals surface area contributed by atoms with Gasteiger partial charge in [-0.1, -0.05) is 40.9 Å². The van der Waals surface area contributed by atoms with Gasteiger partial charge in [0, 0.05) is 4.47 Å². The van der Waals surface area contributed by atoms with Crippen LogP contribution in [0.4, 0.5) is 0 Å². The van der Waals surface area contributed by atoms with E-state index in [4.69, 9.17) is 10.8 Å². The first kappa shape index (κ1) is 13.6. The van der Waals surface area contributed by atoms with Crippen molar-refractivity contribution in [3.05, 3.63) is 34.3 Å². The molecule has 0 aliphatic heterocycles. The van der Waals surface area contributed by atoms with Crippen LogP contribution in [0.15, 0.2) is 28.7 Å². The lowest BCUT2D eigenvalue weighted by Gasteiger charge is -2.31. The van der Waals surface area contributed by atoms with Crippen molar-refractivity contribution in [2.75, 3.05) is 0 Å². The Morgan fingerprint density at radius 2 is 1.89 bits per heavy atom. The Hall–Kier alpha value is -0.870. The standard InChI is InChI=1S/C14H18BrNO2/c15-11-5-3-10(4-6-11)14(7-1-2-8-14)9-12(16)13(17)18/h3-6,12H,1-2,7-9,16H2,(H,17,18). The molecule has 2 rings (SSSR count). The molecule has 1 atom stereocenters. The lowest BCUT2D eigenvalue weighted by molar-refractivity contribution is -0.139. The molecule has 0 aromatic heterocycles. The molecule has 3 N–H and O–H groups in total. The first-order chi connectivity index (χ1) is 8.53. The minimum Gasteiger partial charge on any atom is -0.480 e. The summed E-state index contributed by atoms with van der Waals surface area (Å²) >= 11 is 3.43. The van der Waals surface area contributed by atoms with E-state index in [0.29, 0.717) is 6.42 Å². The summed E-state index contributed by atoms with van der Waals surface area (Å²) in [5, 5.41) is 9.02. The van der Waals surface area contributed by atoms with Crippen LogP contribution in [-0.2, 0) is 10.2 Å². The first-order valence-corrected chi connectivity index (χ1v) is 7.07. The molecule has 0 amide bonds. The molecule has 0 bridgehead atoms. The third-order valence-corrected chi connectivity index (χ3v) is 4.47. The lowest BCUT2D eigenvalue weighted by Crippen LogP contribution is -2.38. The SMILES string of the molecule is NC(CC1(c2ccc(Br)cc2)CCCC1)C(=O)O. The van der Waals surface area contributed by atoms with Gasteiger partial charge in [-0.15, -0.1) is 0 Å². The van der Waals surface area contributed by atoms with Crippen LogP contribution in [0.25, 0.3) is 0 Å². The number of rotatable bonds is 4.